The van der Waals surface area contributed by atoms with Gasteiger partial charge in [-0.3, -0.25) is 14.6 Å². The molecule has 4 rings (SSSR count). The lowest BCUT2D eigenvalue weighted by atomic mass is 10.1. The number of aromatic nitrogens is 1. The van der Waals surface area contributed by atoms with Crippen LogP contribution < -0.4 is 14.4 Å². The molecule has 1 fully saturated rings. The number of hydrogen-bond acceptors (Lipinski definition) is 7. The van der Waals surface area contributed by atoms with E-state index >= 15 is 0 Å². The fraction of sp³-hybridized carbons (Fsp3) is 0.440. The zero-order valence-corrected chi connectivity index (χ0v) is 21.3. The number of fused-ring (bicyclic) bond motifs is 1. The molecule has 1 aliphatic rings. The van der Waals surface area contributed by atoms with E-state index in [4.69, 9.17) is 19.2 Å². The summed E-state index contributed by atoms with van der Waals surface area (Å²) in [5.74, 6) is 1.15. The standard InChI is InChI=1S/C25H31N3O4S.ClH/c1-3-31-21-11-10-19(18-22(21)32-4-2)24(29)28(13-7-12-27-14-16-30-17-15-27)25-26-20-8-5-6-9-23(20)33-25;/h5-6,8-11,18H,3-4,7,12-17H2,1-2H3;1H. The Hall–Kier alpha value is -2.39. The van der Waals surface area contributed by atoms with Crippen LogP contribution in [0.1, 0.15) is 30.6 Å². The molecule has 1 saturated heterocycles. The minimum atomic E-state index is -0.0833. The van der Waals surface area contributed by atoms with E-state index < -0.39 is 0 Å². The second kappa shape index (κ2) is 12.9. The molecule has 0 spiro atoms. The summed E-state index contributed by atoms with van der Waals surface area (Å²) < 4.78 is 17.9. The molecule has 184 valence electrons. The Labute approximate surface area is 211 Å². The lowest BCUT2D eigenvalue weighted by Crippen LogP contribution is -2.39. The summed E-state index contributed by atoms with van der Waals surface area (Å²) in [6.45, 7) is 9.81. The molecule has 9 heteroatoms. The summed E-state index contributed by atoms with van der Waals surface area (Å²) in [6, 6.07) is 13.4. The second-order valence-corrected chi connectivity index (χ2v) is 8.77. The number of morpholine rings is 1. The zero-order valence-electron chi connectivity index (χ0n) is 19.7. The van der Waals surface area contributed by atoms with E-state index in [9.17, 15) is 4.79 Å². The van der Waals surface area contributed by atoms with E-state index in [0.717, 1.165) is 54.6 Å². The molecule has 0 bridgehead atoms. The molecule has 34 heavy (non-hydrogen) atoms. The van der Waals surface area contributed by atoms with Crippen molar-refractivity contribution in [1.29, 1.82) is 0 Å². The third-order valence-electron chi connectivity index (χ3n) is 5.51. The number of para-hydroxylation sites is 1. The van der Waals surface area contributed by atoms with Crippen LogP contribution in [0.15, 0.2) is 42.5 Å². The monoisotopic (exact) mass is 505 g/mol. The first kappa shape index (κ1) is 26.2. The largest absolute Gasteiger partial charge is 0.490 e. The van der Waals surface area contributed by atoms with Gasteiger partial charge in [-0.2, -0.15) is 0 Å². The van der Waals surface area contributed by atoms with Crippen molar-refractivity contribution in [2.75, 3.05) is 57.5 Å². The van der Waals surface area contributed by atoms with Crippen LogP contribution in [-0.4, -0.2) is 68.4 Å². The van der Waals surface area contributed by atoms with E-state index in [1.54, 1.807) is 28.4 Å². The Morgan fingerprint density at radius 2 is 1.82 bits per heavy atom. The van der Waals surface area contributed by atoms with Crippen molar-refractivity contribution in [2.24, 2.45) is 0 Å². The van der Waals surface area contributed by atoms with Crippen LogP contribution in [0.5, 0.6) is 11.5 Å². The Morgan fingerprint density at radius 1 is 1.09 bits per heavy atom. The van der Waals surface area contributed by atoms with Gasteiger partial charge in [0.25, 0.3) is 5.91 Å². The molecule has 0 aliphatic carbocycles. The number of carbonyl (C=O) groups excluding carboxylic acids is 1. The summed E-state index contributed by atoms with van der Waals surface area (Å²) in [4.78, 5) is 22.6. The van der Waals surface area contributed by atoms with Gasteiger partial charge in [0.05, 0.1) is 36.6 Å². The fourth-order valence-electron chi connectivity index (χ4n) is 3.88. The molecule has 0 unspecified atom stereocenters. The highest BCUT2D eigenvalue weighted by Gasteiger charge is 2.23. The molecule has 0 saturated carbocycles. The molecule has 0 N–H and O–H groups in total. The SMILES string of the molecule is CCOc1ccc(C(=O)N(CCCN2CCOCC2)c2nc3ccccc3s2)cc1OCC.Cl. The molecule has 1 amide bonds. The van der Waals surface area contributed by atoms with E-state index in [-0.39, 0.29) is 18.3 Å². The number of nitrogens with zero attached hydrogens (tertiary/aromatic N) is 3. The number of rotatable bonds is 10. The quantitative estimate of drug-likeness (QED) is 0.391. The highest BCUT2D eigenvalue weighted by molar-refractivity contribution is 7.22. The van der Waals surface area contributed by atoms with Crippen LogP contribution in [0.25, 0.3) is 10.2 Å². The Kier molecular flexibility index (Phi) is 9.95. The summed E-state index contributed by atoms with van der Waals surface area (Å²) >= 11 is 1.54. The number of anilines is 1. The van der Waals surface area contributed by atoms with Gasteiger partial charge >= 0.3 is 0 Å². The van der Waals surface area contributed by atoms with Crippen molar-refractivity contribution in [1.82, 2.24) is 9.88 Å². The van der Waals surface area contributed by atoms with E-state index in [0.29, 0.717) is 36.8 Å². The predicted molar refractivity (Wildman–Crippen MR) is 139 cm³/mol. The van der Waals surface area contributed by atoms with Gasteiger partial charge in [-0.05, 0) is 50.6 Å². The molecule has 2 aromatic carbocycles. The average molecular weight is 506 g/mol. The first-order chi connectivity index (χ1) is 16.2. The number of benzene rings is 2. The third kappa shape index (κ3) is 6.39. The van der Waals surface area contributed by atoms with Crippen molar-refractivity contribution in [3.8, 4) is 11.5 Å². The highest BCUT2D eigenvalue weighted by Crippen LogP contribution is 2.32. The minimum Gasteiger partial charge on any atom is -0.490 e. The normalized spacial score (nSPS) is 13.9. The van der Waals surface area contributed by atoms with Crippen molar-refractivity contribution in [2.45, 2.75) is 20.3 Å². The summed E-state index contributed by atoms with van der Waals surface area (Å²) in [7, 11) is 0. The molecule has 1 aromatic heterocycles. The van der Waals surface area contributed by atoms with E-state index in [2.05, 4.69) is 4.90 Å². The lowest BCUT2D eigenvalue weighted by molar-refractivity contribution is 0.0376. The van der Waals surface area contributed by atoms with E-state index in [1.807, 2.05) is 44.2 Å². The first-order valence-corrected chi connectivity index (χ1v) is 12.4. The number of thiazole rings is 1. The molecule has 0 radical (unpaired) electrons. The number of ether oxygens (including phenoxy) is 3. The third-order valence-corrected chi connectivity index (χ3v) is 6.57. The highest BCUT2D eigenvalue weighted by atomic mass is 35.5. The molecule has 0 atom stereocenters. The van der Waals surface area contributed by atoms with Gasteiger partial charge in [-0.1, -0.05) is 23.5 Å². The minimum absolute atomic E-state index is 0. The molecular formula is C25H32ClN3O4S. The Morgan fingerprint density at radius 3 is 2.56 bits per heavy atom. The number of halogens is 1. The Bertz CT molecular complexity index is 1040. The maximum absolute atomic E-state index is 13.7. The van der Waals surface area contributed by atoms with Gasteiger partial charge in [0.2, 0.25) is 0 Å². The number of amides is 1. The maximum atomic E-state index is 13.7. The van der Waals surface area contributed by atoms with Crippen LogP contribution >= 0.6 is 23.7 Å². The van der Waals surface area contributed by atoms with Gasteiger partial charge in [0, 0.05) is 31.7 Å². The fourth-order valence-corrected chi connectivity index (χ4v) is 4.87. The topological polar surface area (TPSA) is 64.1 Å². The number of carbonyl (C=O) groups is 1. The number of hydrogen-bond donors (Lipinski definition) is 0. The lowest BCUT2D eigenvalue weighted by Gasteiger charge is -2.27. The molecule has 7 nitrogen and oxygen atoms in total. The van der Waals surface area contributed by atoms with Gasteiger partial charge in [0.1, 0.15) is 0 Å². The second-order valence-electron chi connectivity index (χ2n) is 7.76. The molecule has 3 aromatic rings. The van der Waals surface area contributed by atoms with Gasteiger partial charge in [-0.15, -0.1) is 12.4 Å². The van der Waals surface area contributed by atoms with Crippen LogP contribution in [0.2, 0.25) is 0 Å². The van der Waals surface area contributed by atoms with Gasteiger partial charge < -0.3 is 14.2 Å². The maximum Gasteiger partial charge on any atom is 0.260 e. The van der Waals surface area contributed by atoms with Crippen molar-refractivity contribution >= 4 is 45.0 Å². The van der Waals surface area contributed by atoms with Crippen molar-refractivity contribution in [3.63, 3.8) is 0 Å². The smallest absolute Gasteiger partial charge is 0.260 e. The molecule has 1 aliphatic heterocycles. The van der Waals surface area contributed by atoms with Crippen LogP contribution in [0.3, 0.4) is 0 Å². The molecular weight excluding hydrogens is 474 g/mol. The summed E-state index contributed by atoms with van der Waals surface area (Å²) in [6.07, 6.45) is 0.858. The summed E-state index contributed by atoms with van der Waals surface area (Å²) in [5, 5.41) is 0.718. The van der Waals surface area contributed by atoms with Crippen LogP contribution in [0, 0.1) is 0 Å². The Balaban J connectivity index is 0.00000324. The molecule has 2 heterocycles. The van der Waals surface area contributed by atoms with Gasteiger partial charge in [-0.25, -0.2) is 4.98 Å². The zero-order chi connectivity index (χ0) is 23.0. The average Bonchev–Trinajstić information content (AvgIpc) is 3.27. The van der Waals surface area contributed by atoms with Crippen molar-refractivity contribution in [3.05, 3.63) is 48.0 Å². The van der Waals surface area contributed by atoms with Crippen molar-refractivity contribution < 1.29 is 19.0 Å². The van der Waals surface area contributed by atoms with Crippen LogP contribution in [-0.2, 0) is 4.74 Å². The van der Waals surface area contributed by atoms with Crippen LogP contribution in [0.4, 0.5) is 5.13 Å². The summed E-state index contributed by atoms with van der Waals surface area (Å²) in [5.41, 5.74) is 1.47. The van der Waals surface area contributed by atoms with Gasteiger partial charge in [0.15, 0.2) is 16.6 Å². The predicted octanol–water partition coefficient (Wildman–Crippen LogP) is 4.88. The van der Waals surface area contributed by atoms with E-state index in [1.165, 1.54) is 0 Å². The first-order valence-electron chi connectivity index (χ1n) is 11.6.